The largest absolute Gasteiger partial charge is 0.478 e. The van der Waals surface area contributed by atoms with Crippen LogP contribution in [-0.2, 0) is 16.0 Å². The van der Waals surface area contributed by atoms with Crippen molar-refractivity contribution < 1.29 is 19.5 Å². The summed E-state index contributed by atoms with van der Waals surface area (Å²) in [4.78, 5) is 37.0. The van der Waals surface area contributed by atoms with Crippen molar-refractivity contribution in [3.8, 4) is 0 Å². The molecule has 1 aliphatic rings. The molecule has 1 aliphatic heterocycles. The molecule has 0 aliphatic carbocycles. The Labute approximate surface area is 154 Å². The number of benzene rings is 2. The van der Waals surface area contributed by atoms with Crippen molar-refractivity contribution >= 4 is 40.8 Å². The highest BCUT2D eigenvalue weighted by molar-refractivity contribution is 6.53. The maximum absolute atomic E-state index is 12.7. The maximum atomic E-state index is 12.7. The standard InChI is InChI=1S/C19H15ClN2O4/c1-2-11-3-9-14(10-4-11)22-17(23)15(20)16(18(22)24)21-13-7-5-12(6-8-13)19(25)26/h3-10,21H,2H2,1H3,(H,25,26). The van der Waals surface area contributed by atoms with Gasteiger partial charge in [0.25, 0.3) is 11.8 Å². The second kappa shape index (κ2) is 7.01. The molecule has 6 nitrogen and oxygen atoms in total. The van der Waals surface area contributed by atoms with Crippen molar-refractivity contribution in [1.29, 1.82) is 0 Å². The van der Waals surface area contributed by atoms with Crippen LogP contribution in [0.3, 0.4) is 0 Å². The van der Waals surface area contributed by atoms with Crippen molar-refractivity contribution in [1.82, 2.24) is 0 Å². The summed E-state index contributed by atoms with van der Waals surface area (Å²) in [6, 6.07) is 12.9. The minimum Gasteiger partial charge on any atom is -0.478 e. The van der Waals surface area contributed by atoms with E-state index in [4.69, 9.17) is 16.7 Å². The van der Waals surface area contributed by atoms with Crippen LogP contribution in [0.15, 0.2) is 59.3 Å². The van der Waals surface area contributed by atoms with Crippen molar-refractivity contribution in [3.63, 3.8) is 0 Å². The van der Waals surface area contributed by atoms with E-state index in [-0.39, 0.29) is 16.3 Å². The van der Waals surface area contributed by atoms with Gasteiger partial charge in [-0.1, -0.05) is 30.7 Å². The molecule has 0 bridgehead atoms. The minimum absolute atomic E-state index is 0.0423. The molecule has 3 rings (SSSR count). The van der Waals surface area contributed by atoms with E-state index in [1.165, 1.54) is 24.3 Å². The zero-order valence-corrected chi connectivity index (χ0v) is 14.6. The van der Waals surface area contributed by atoms with Gasteiger partial charge in [-0.2, -0.15) is 0 Å². The summed E-state index contributed by atoms with van der Waals surface area (Å²) in [7, 11) is 0. The zero-order chi connectivity index (χ0) is 18.8. The Balaban J connectivity index is 1.85. The number of carbonyl (C=O) groups excluding carboxylic acids is 2. The summed E-state index contributed by atoms with van der Waals surface area (Å²) in [5, 5.41) is 11.5. The molecule has 0 radical (unpaired) electrons. The SMILES string of the molecule is CCc1ccc(N2C(=O)C(Cl)=C(Nc3ccc(C(=O)O)cc3)C2=O)cc1. The predicted octanol–water partition coefficient (Wildman–Crippen LogP) is 3.38. The molecule has 0 aromatic heterocycles. The topological polar surface area (TPSA) is 86.7 Å². The molecular weight excluding hydrogens is 356 g/mol. The van der Waals surface area contributed by atoms with Gasteiger partial charge in [0.2, 0.25) is 0 Å². The highest BCUT2D eigenvalue weighted by Crippen LogP contribution is 2.30. The van der Waals surface area contributed by atoms with E-state index in [2.05, 4.69) is 5.32 Å². The van der Waals surface area contributed by atoms with Crippen molar-refractivity contribution in [3.05, 3.63) is 70.4 Å². The third-order valence-corrected chi connectivity index (χ3v) is 4.38. The Morgan fingerprint density at radius 1 is 1.04 bits per heavy atom. The Bertz CT molecular complexity index is 918. The number of hydrogen-bond acceptors (Lipinski definition) is 4. The summed E-state index contributed by atoms with van der Waals surface area (Å²) < 4.78 is 0. The lowest BCUT2D eigenvalue weighted by Gasteiger charge is -2.15. The Morgan fingerprint density at radius 3 is 2.19 bits per heavy atom. The summed E-state index contributed by atoms with van der Waals surface area (Å²) in [6.07, 6.45) is 0.848. The molecule has 0 atom stereocenters. The molecule has 0 saturated heterocycles. The lowest BCUT2D eigenvalue weighted by molar-refractivity contribution is -0.120. The fourth-order valence-electron chi connectivity index (χ4n) is 2.57. The molecule has 1 heterocycles. The quantitative estimate of drug-likeness (QED) is 0.788. The van der Waals surface area contributed by atoms with Gasteiger partial charge in [-0.3, -0.25) is 9.59 Å². The number of nitrogens with zero attached hydrogens (tertiary/aromatic N) is 1. The van der Waals surface area contributed by atoms with Gasteiger partial charge < -0.3 is 10.4 Å². The Morgan fingerprint density at radius 2 is 1.65 bits per heavy atom. The van der Waals surface area contributed by atoms with Crippen LogP contribution in [-0.4, -0.2) is 22.9 Å². The maximum Gasteiger partial charge on any atom is 0.335 e. The van der Waals surface area contributed by atoms with Gasteiger partial charge in [-0.15, -0.1) is 0 Å². The number of hydrogen-bond donors (Lipinski definition) is 2. The highest BCUT2D eigenvalue weighted by atomic mass is 35.5. The van der Waals surface area contributed by atoms with E-state index >= 15 is 0 Å². The smallest absolute Gasteiger partial charge is 0.335 e. The van der Waals surface area contributed by atoms with Crippen LogP contribution in [0.2, 0.25) is 0 Å². The van der Waals surface area contributed by atoms with Crippen LogP contribution in [0, 0.1) is 0 Å². The average Bonchev–Trinajstić information content (AvgIpc) is 2.86. The molecule has 2 amide bonds. The summed E-state index contributed by atoms with van der Waals surface area (Å²) in [6.45, 7) is 2.01. The number of aromatic carboxylic acids is 1. The van der Waals surface area contributed by atoms with Crippen LogP contribution in [0.4, 0.5) is 11.4 Å². The number of carboxylic acid groups (broad SMARTS) is 1. The number of amides is 2. The third kappa shape index (κ3) is 3.19. The number of anilines is 2. The van der Waals surface area contributed by atoms with Crippen LogP contribution in [0.5, 0.6) is 0 Å². The Kier molecular flexibility index (Phi) is 4.77. The summed E-state index contributed by atoms with van der Waals surface area (Å²) in [5.41, 5.74) is 2.05. The van der Waals surface area contributed by atoms with Crippen LogP contribution in [0.25, 0.3) is 0 Å². The monoisotopic (exact) mass is 370 g/mol. The molecule has 2 aromatic rings. The number of rotatable bonds is 5. The molecule has 0 spiro atoms. The minimum atomic E-state index is -1.05. The molecule has 132 valence electrons. The van der Waals surface area contributed by atoms with Crippen LogP contribution >= 0.6 is 11.6 Å². The molecule has 26 heavy (non-hydrogen) atoms. The van der Waals surface area contributed by atoms with E-state index in [0.717, 1.165) is 16.9 Å². The number of carbonyl (C=O) groups is 3. The first-order valence-corrected chi connectivity index (χ1v) is 8.28. The molecular formula is C19H15ClN2O4. The fourth-order valence-corrected chi connectivity index (χ4v) is 2.78. The lowest BCUT2D eigenvalue weighted by atomic mass is 10.1. The first-order chi connectivity index (χ1) is 12.4. The van der Waals surface area contributed by atoms with Crippen molar-refractivity contribution in [2.24, 2.45) is 0 Å². The second-order valence-electron chi connectivity index (χ2n) is 5.66. The zero-order valence-electron chi connectivity index (χ0n) is 13.8. The summed E-state index contributed by atoms with van der Waals surface area (Å²) in [5.74, 6) is -2.22. The van der Waals surface area contributed by atoms with Crippen molar-refractivity contribution in [2.45, 2.75) is 13.3 Å². The first-order valence-electron chi connectivity index (χ1n) is 7.90. The third-order valence-electron chi connectivity index (χ3n) is 4.03. The van der Waals surface area contributed by atoms with Crippen LogP contribution < -0.4 is 10.2 Å². The first kappa shape index (κ1) is 17.7. The molecule has 0 saturated carbocycles. The van der Waals surface area contributed by atoms with Gasteiger partial charge in [-0.25, -0.2) is 9.69 Å². The average molecular weight is 371 g/mol. The van der Waals surface area contributed by atoms with E-state index in [1.54, 1.807) is 12.1 Å². The van der Waals surface area contributed by atoms with Gasteiger partial charge in [-0.05, 0) is 48.4 Å². The van der Waals surface area contributed by atoms with E-state index in [1.807, 2.05) is 19.1 Å². The molecule has 2 aromatic carbocycles. The van der Waals surface area contributed by atoms with Gasteiger partial charge in [0, 0.05) is 5.69 Å². The second-order valence-corrected chi connectivity index (χ2v) is 6.04. The van der Waals surface area contributed by atoms with E-state index < -0.39 is 17.8 Å². The van der Waals surface area contributed by atoms with Gasteiger partial charge >= 0.3 is 5.97 Å². The predicted molar refractivity (Wildman–Crippen MR) is 98.2 cm³/mol. The van der Waals surface area contributed by atoms with Crippen molar-refractivity contribution in [2.75, 3.05) is 10.2 Å². The normalized spacial score (nSPS) is 14.2. The Hall–Kier alpha value is -3.12. The number of imide groups is 1. The lowest BCUT2D eigenvalue weighted by Crippen LogP contribution is -2.32. The highest BCUT2D eigenvalue weighted by Gasteiger charge is 2.38. The van der Waals surface area contributed by atoms with E-state index in [9.17, 15) is 14.4 Å². The molecule has 7 heteroatoms. The molecule has 0 unspecified atom stereocenters. The van der Waals surface area contributed by atoms with Crippen LogP contribution in [0.1, 0.15) is 22.8 Å². The van der Waals surface area contributed by atoms with Gasteiger partial charge in [0.05, 0.1) is 11.3 Å². The summed E-state index contributed by atoms with van der Waals surface area (Å²) >= 11 is 6.07. The fraction of sp³-hybridized carbons (Fsp3) is 0.105. The number of halogens is 1. The molecule has 2 N–H and O–H groups in total. The van der Waals surface area contributed by atoms with E-state index in [0.29, 0.717) is 11.4 Å². The number of aryl methyl sites for hydroxylation is 1. The molecule has 0 fully saturated rings. The van der Waals surface area contributed by atoms with Gasteiger partial charge in [0.1, 0.15) is 10.7 Å². The number of nitrogens with one attached hydrogen (secondary N) is 1. The van der Waals surface area contributed by atoms with Gasteiger partial charge in [0.15, 0.2) is 0 Å². The number of carboxylic acids is 1.